The third kappa shape index (κ3) is 7.52. The van der Waals surface area contributed by atoms with Crippen LogP contribution in [0.2, 0.25) is 10.0 Å². The van der Waals surface area contributed by atoms with Crippen molar-refractivity contribution in [3.8, 4) is 5.75 Å². The van der Waals surface area contributed by atoms with E-state index in [0.717, 1.165) is 36.2 Å². The Morgan fingerprint density at radius 2 is 1.70 bits per heavy atom. The maximum atomic E-state index is 13.8. The van der Waals surface area contributed by atoms with Crippen molar-refractivity contribution in [3.05, 3.63) is 58.1 Å². The minimum atomic E-state index is -3.89. The van der Waals surface area contributed by atoms with Crippen LogP contribution in [-0.2, 0) is 26.2 Å². The van der Waals surface area contributed by atoms with Crippen molar-refractivity contribution in [2.45, 2.75) is 58.2 Å². The van der Waals surface area contributed by atoms with E-state index in [-0.39, 0.29) is 24.2 Å². The van der Waals surface area contributed by atoms with Gasteiger partial charge in [-0.3, -0.25) is 13.9 Å². The molecule has 2 amide bonds. The van der Waals surface area contributed by atoms with Gasteiger partial charge in [-0.1, -0.05) is 54.2 Å². The first-order valence-electron chi connectivity index (χ1n) is 12.2. The number of sulfonamides is 1. The molecule has 1 saturated carbocycles. The Morgan fingerprint density at radius 3 is 2.30 bits per heavy atom. The van der Waals surface area contributed by atoms with E-state index < -0.39 is 28.5 Å². The van der Waals surface area contributed by atoms with Gasteiger partial charge in [-0.2, -0.15) is 0 Å². The Morgan fingerprint density at radius 1 is 1.08 bits per heavy atom. The lowest BCUT2D eigenvalue weighted by molar-refractivity contribution is -0.139. The summed E-state index contributed by atoms with van der Waals surface area (Å²) in [6.07, 6.45) is 4.88. The summed E-state index contributed by atoms with van der Waals surface area (Å²) in [6.45, 7) is 3.11. The van der Waals surface area contributed by atoms with Gasteiger partial charge in [-0.25, -0.2) is 8.42 Å². The number of rotatable bonds is 11. The molecule has 1 aliphatic carbocycles. The molecule has 2 aromatic rings. The quantitative estimate of drug-likeness (QED) is 0.425. The zero-order chi connectivity index (χ0) is 27.2. The summed E-state index contributed by atoms with van der Waals surface area (Å²) in [5.74, 6) is -0.568. The minimum Gasteiger partial charge on any atom is -0.492 e. The molecule has 1 aliphatic rings. The Hall–Kier alpha value is -2.49. The van der Waals surface area contributed by atoms with Gasteiger partial charge in [0.05, 0.1) is 18.6 Å². The van der Waals surface area contributed by atoms with Gasteiger partial charge in [0.25, 0.3) is 0 Å². The van der Waals surface area contributed by atoms with Crippen molar-refractivity contribution in [1.82, 2.24) is 10.2 Å². The minimum absolute atomic E-state index is 0.0568. The van der Waals surface area contributed by atoms with E-state index >= 15 is 0 Å². The first kappa shape index (κ1) is 29.1. The zero-order valence-electron chi connectivity index (χ0n) is 21.2. The lowest BCUT2D eigenvalue weighted by Crippen LogP contribution is -2.52. The monoisotopic (exact) mass is 569 g/mol. The number of amides is 2. The highest BCUT2D eigenvalue weighted by atomic mass is 35.5. The van der Waals surface area contributed by atoms with Crippen molar-refractivity contribution in [2.75, 3.05) is 23.7 Å². The van der Waals surface area contributed by atoms with Crippen LogP contribution in [0.5, 0.6) is 5.75 Å². The Bertz CT molecular complexity index is 1200. The lowest BCUT2D eigenvalue weighted by atomic mass is 10.1. The number of nitrogens with zero attached hydrogens (tertiary/aromatic N) is 2. The highest BCUT2D eigenvalue weighted by Crippen LogP contribution is 2.31. The van der Waals surface area contributed by atoms with Crippen molar-refractivity contribution < 1.29 is 22.7 Å². The normalized spacial score (nSPS) is 14.7. The second-order valence-electron chi connectivity index (χ2n) is 9.06. The molecule has 0 saturated heterocycles. The summed E-state index contributed by atoms with van der Waals surface area (Å²) in [4.78, 5) is 28.3. The molecule has 1 atom stereocenters. The van der Waals surface area contributed by atoms with E-state index in [4.69, 9.17) is 27.9 Å². The van der Waals surface area contributed by atoms with E-state index in [9.17, 15) is 18.0 Å². The van der Waals surface area contributed by atoms with Crippen molar-refractivity contribution >= 4 is 50.7 Å². The average Bonchev–Trinajstić information content (AvgIpc) is 3.35. The molecule has 0 unspecified atom stereocenters. The van der Waals surface area contributed by atoms with Crippen LogP contribution >= 0.6 is 23.2 Å². The molecular weight excluding hydrogens is 537 g/mol. The molecule has 2 aromatic carbocycles. The predicted octanol–water partition coefficient (Wildman–Crippen LogP) is 4.63. The number of para-hydroxylation sites is 2. The number of ether oxygens (including phenoxy) is 1. The first-order chi connectivity index (χ1) is 17.5. The van der Waals surface area contributed by atoms with Gasteiger partial charge >= 0.3 is 0 Å². The molecule has 3 rings (SSSR count). The third-order valence-corrected chi connectivity index (χ3v) is 8.21. The highest BCUT2D eigenvalue weighted by Gasteiger charge is 2.32. The van der Waals surface area contributed by atoms with Gasteiger partial charge in [0.1, 0.15) is 18.3 Å². The van der Waals surface area contributed by atoms with Gasteiger partial charge < -0.3 is 15.0 Å². The molecule has 1 N–H and O–H groups in total. The number of carbonyl (C=O) groups excluding carboxylic acids is 2. The number of hydrogen-bond acceptors (Lipinski definition) is 5. The summed E-state index contributed by atoms with van der Waals surface area (Å²) in [5.41, 5.74) is 0.708. The summed E-state index contributed by atoms with van der Waals surface area (Å²) < 4.78 is 32.3. The van der Waals surface area contributed by atoms with Crippen LogP contribution in [0.25, 0.3) is 0 Å². The summed E-state index contributed by atoms with van der Waals surface area (Å²) in [7, 11) is -3.89. The molecule has 0 bridgehead atoms. The Balaban J connectivity index is 1.95. The van der Waals surface area contributed by atoms with Gasteiger partial charge in [-0.15, -0.1) is 0 Å². The van der Waals surface area contributed by atoms with E-state index in [0.29, 0.717) is 28.0 Å². The van der Waals surface area contributed by atoms with Crippen LogP contribution in [-0.4, -0.2) is 56.6 Å². The Kier molecular flexibility index (Phi) is 10.1. The molecule has 202 valence electrons. The van der Waals surface area contributed by atoms with Crippen LogP contribution in [0, 0.1) is 0 Å². The average molecular weight is 571 g/mol. The van der Waals surface area contributed by atoms with Crippen molar-refractivity contribution in [1.29, 1.82) is 0 Å². The van der Waals surface area contributed by atoms with Gasteiger partial charge in [-0.05, 0) is 51.0 Å². The number of carbonyl (C=O) groups is 2. The molecule has 37 heavy (non-hydrogen) atoms. The fraction of sp³-hybridized carbons (Fsp3) is 0.462. The third-order valence-electron chi connectivity index (χ3n) is 6.37. The zero-order valence-corrected chi connectivity index (χ0v) is 23.6. The SMILES string of the molecule is CCOc1ccccc1N(CC(=O)N(Cc1c(Cl)cccc1Cl)[C@@H](C)C(=O)NC1CCCC1)S(C)(=O)=O. The number of hydrogen-bond donors (Lipinski definition) is 1. The summed E-state index contributed by atoms with van der Waals surface area (Å²) in [6, 6.07) is 10.7. The fourth-order valence-electron chi connectivity index (χ4n) is 4.36. The van der Waals surface area contributed by atoms with Gasteiger partial charge in [0, 0.05) is 28.2 Å². The molecule has 0 aromatic heterocycles. The number of halogens is 2. The molecule has 1 fully saturated rings. The second-order valence-corrected chi connectivity index (χ2v) is 11.8. The van der Waals surface area contributed by atoms with E-state index in [2.05, 4.69) is 5.32 Å². The standard InChI is InChI=1S/C26H33Cl2N3O5S/c1-4-36-24-15-8-7-14-23(24)31(37(3,34)35)17-25(32)30(16-20-21(27)12-9-13-22(20)28)18(2)26(33)29-19-10-5-6-11-19/h7-9,12-15,18-19H,4-6,10-11,16-17H2,1-3H3,(H,29,33)/t18-/m0/s1. The number of anilines is 1. The van der Waals surface area contributed by atoms with Crippen LogP contribution in [0.15, 0.2) is 42.5 Å². The van der Waals surface area contributed by atoms with Crippen LogP contribution in [0.3, 0.4) is 0 Å². The van der Waals surface area contributed by atoms with E-state index in [1.807, 2.05) is 0 Å². The largest absolute Gasteiger partial charge is 0.492 e. The second kappa shape index (κ2) is 12.8. The summed E-state index contributed by atoms with van der Waals surface area (Å²) in [5, 5.41) is 3.71. The molecule has 0 radical (unpaired) electrons. The van der Waals surface area contributed by atoms with E-state index in [1.165, 1.54) is 4.90 Å². The number of benzene rings is 2. The Labute approximate surface area is 228 Å². The fourth-order valence-corrected chi connectivity index (χ4v) is 5.73. The molecule has 0 spiro atoms. The topological polar surface area (TPSA) is 96.0 Å². The lowest BCUT2D eigenvalue weighted by Gasteiger charge is -2.32. The maximum Gasteiger partial charge on any atom is 0.244 e. The first-order valence-corrected chi connectivity index (χ1v) is 14.9. The van der Waals surface area contributed by atoms with Crippen molar-refractivity contribution in [3.63, 3.8) is 0 Å². The molecule has 0 heterocycles. The maximum absolute atomic E-state index is 13.8. The summed E-state index contributed by atoms with van der Waals surface area (Å²) >= 11 is 12.8. The van der Waals surface area contributed by atoms with Crippen LogP contribution in [0.4, 0.5) is 5.69 Å². The molecule has 11 heteroatoms. The van der Waals surface area contributed by atoms with Gasteiger partial charge in [0.2, 0.25) is 21.8 Å². The predicted molar refractivity (Wildman–Crippen MR) is 147 cm³/mol. The van der Waals surface area contributed by atoms with E-state index in [1.54, 1.807) is 56.3 Å². The molecular formula is C26H33Cl2N3O5S. The van der Waals surface area contributed by atoms with Crippen LogP contribution in [0.1, 0.15) is 45.1 Å². The van der Waals surface area contributed by atoms with Crippen LogP contribution < -0.4 is 14.4 Å². The number of nitrogens with one attached hydrogen (secondary N) is 1. The smallest absolute Gasteiger partial charge is 0.244 e. The van der Waals surface area contributed by atoms with Gasteiger partial charge in [0.15, 0.2) is 0 Å². The highest BCUT2D eigenvalue weighted by molar-refractivity contribution is 7.92. The molecule has 0 aliphatic heterocycles. The molecule has 8 nitrogen and oxygen atoms in total. The van der Waals surface area contributed by atoms with Crippen molar-refractivity contribution in [2.24, 2.45) is 0 Å².